The fraction of sp³-hybridized carbons (Fsp3) is 0.391. The quantitative estimate of drug-likeness (QED) is 0.636. The van der Waals surface area contributed by atoms with E-state index in [9.17, 15) is 19.2 Å². The Kier molecular flexibility index (Phi) is 5.50. The second-order valence-corrected chi connectivity index (χ2v) is 8.20. The Morgan fingerprint density at radius 2 is 1.94 bits per heavy atom. The average Bonchev–Trinajstić information content (AvgIpc) is 3.39. The number of amides is 2. The van der Waals surface area contributed by atoms with E-state index in [1.54, 1.807) is 24.3 Å². The standard InChI is InChI=1S/C23H24N2O7/c1-14(2)12-24-20(27)15-6-4-5-7-17(15)25-19(26)8-10-23(24,25)22(29)32-13-18-16(9-11-31-18)21(28)30-3/h4-7,9,11,14H,8,10,12-13H2,1-3H3. The number of ether oxygens (including phenoxy) is 2. The van der Waals surface area contributed by atoms with Gasteiger partial charge in [-0.05, 0) is 24.1 Å². The molecule has 9 nitrogen and oxygen atoms in total. The van der Waals surface area contributed by atoms with Crippen LogP contribution in [0.2, 0.25) is 0 Å². The topological polar surface area (TPSA) is 106 Å². The summed E-state index contributed by atoms with van der Waals surface area (Å²) in [5.74, 6) is -1.80. The number of carbonyl (C=O) groups excluding carboxylic acids is 4. The second-order valence-electron chi connectivity index (χ2n) is 8.20. The molecule has 0 spiro atoms. The van der Waals surface area contributed by atoms with Crippen molar-refractivity contribution in [3.05, 3.63) is 53.5 Å². The molecule has 1 aromatic carbocycles. The summed E-state index contributed by atoms with van der Waals surface area (Å²) in [6.45, 7) is 3.78. The van der Waals surface area contributed by atoms with Gasteiger partial charge < -0.3 is 18.8 Å². The lowest BCUT2D eigenvalue weighted by Gasteiger charge is -2.48. The van der Waals surface area contributed by atoms with Crippen LogP contribution < -0.4 is 4.90 Å². The fourth-order valence-electron chi connectivity index (χ4n) is 4.36. The van der Waals surface area contributed by atoms with Crippen LogP contribution in [-0.2, 0) is 25.7 Å². The van der Waals surface area contributed by atoms with Crippen LogP contribution in [0.4, 0.5) is 5.69 Å². The first-order valence-corrected chi connectivity index (χ1v) is 10.4. The van der Waals surface area contributed by atoms with E-state index in [0.717, 1.165) is 0 Å². The molecule has 2 aliphatic rings. The van der Waals surface area contributed by atoms with Crippen LogP contribution in [0, 0.1) is 5.92 Å². The monoisotopic (exact) mass is 440 g/mol. The lowest BCUT2D eigenvalue weighted by atomic mass is 9.95. The van der Waals surface area contributed by atoms with Crippen LogP contribution in [0.1, 0.15) is 53.2 Å². The molecule has 2 aromatic rings. The minimum Gasteiger partial charge on any atom is -0.465 e. The second kappa shape index (κ2) is 8.14. The van der Waals surface area contributed by atoms with Gasteiger partial charge in [-0.2, -0.15) is 0 Å². The zero-order valence-electron chi connectivity index (χ0n) is 18.1. The number of anilines is 1. The van der Waals surface area contributed by atoms with Crippen molar-refractivity contribution in [1.29, 1.82) is 0 Å². The maximum atomic E-state index is 13.6. The van der Waals surface area contributed by atoms with Crippen LogP contribution in [-0.4, -0.2) is 48.0 Å². The predicted molar refractivity (Wildman–Crippen MR) is 112 cm³/mol. The summed E-state index contributed by atoms with van der Waals surface area (Å²) in [5.41, 5.74) is -0.692. The molecule has 3 heterocycles. The third-order valence-electron chi connectivity index (χ3n) is 5.73. The van der Waals surface area contributed by atoms with Gasteiger partial charge in [-0.3, -0.25) is 14.5 Å². The first-order chi connectivity index (χ1) is 15.3. The molecule has 1 atom stereocenters. The maximum absolute atomic E-state index is 13.6. The van der Waals surface area contributed by atoms with E-state index in [0.29, 0.717) is 11.3 Å². The molecule has 1 fully saturated rings. The highest BCUT2D eigenvalue weighted by atomic mass is 16.5. The maximum Gasteiger partial charge on any atom is 0.354 e. The summed E-state index contributed by atoms with van der Waals surface area (Å²) in [7, 11) is 1.24. The van der Waals surface area contributed by atoms with E-state index in [1.165, 1.54) is 29.2 Å². The summed E-state index contributed by atoms with van der Waals surface area (Å²) >= 11 is 0. The molecule has 2 amide bonds. The van der Waals surface area contributed by atoms with E-state index in [2.05, 4.69) is 0 Å². The number of carbonyl (C=O) groups is 4. The summed E-state index contributed by atoms with van der Waals surface area (Å²) in [5, 5.41) is 0. The van der Waals surface area contributed by atoms with Gasteiger partial charge in [0.1, 0.15) is 12.2 Å². The molecule has 168 valence electrons. The first kappa shape index (κ1) is 21.6. The molecule has 1 aromatic heterocycles. The number of rotatable bonds is 6. The third-order valence-corrected chi connectivity index (χ3v) is 5.73. The highest BCUT2D eigenvalue weighted by molar-refractivity contribution is 6.15. The van der Waals surface area contributed by atoms with E-state index >= 15 is 0 Å². The normalized spacial score (nSPS) is 19.8. The molecule has 2 aliphatic heterocycles. The summed E-state index contributed by atoms with van der Waals surface area (Å²) in [6.07, 6.45) is 1.50. The van der Waals surface area contributed by atoms with Gasteiger partial charge in [0, 0.05) is 19.4 Å². The molecule has 1 saturated heterocycles. The average molecular weight is 440 g/mol. The minimum atomic E-state index is -1.59. The van der Waals surface area contributed by atoms with Crippen molar-refractivity contribution in [2.24, 2.45) is 5.92 Å². The van der Waals surface area contributed by atoms with Gasteiger partial charge in [0.2, 0.25) is 11.6 Å². The molecule has 1 unspecified atom stereocenters. The molecule has 32 heavy (non-hydrogen) atoms. The fourth-order valence-corrected chi connectivity index (χ4v) is 4.36. The Morgan fingerprint density at radius 3 is 2.66 bits per heavy atom. The molecular weight excluding hydrogens is 416 g/mol. The number of hydrogen-bond donors (Lipinski definition) is 0. The molecule has 0 aliphatic carbocycles. The minimum absolute atomic E-state index is 0.0439. The van der Waals surface area contributed by atoms with Crippen LogP contribution in [0.5, 0.6) is 0 Å². The lowest BCUT2D eigenvalue weighted by molar-refractivity contribution is -0.159. The van der Waals surface area contributed by atoms with E-state index in [1.807, 2.05) is 13.8 Å². The number of esters is 2. The lowest BCUT2D eigenvalue weighted by Crippen LogP contribution is -2.69. The third kappa shape index (κ3) is 3.24. The first-order valence-electron chi connectivity index (χ1n) is 10.4. The van der Waals surface area contributed by atoms with Gasteiger partial charge in [-0.15, -0.1) is 0 Å². The molecule has 0 saturated carbocycles. The number of nitrogens with zero attached hydrogens (tertiary/aromatic N) is 2. The molecule has 0 bridgehead atoms. The van der Waals surface area contributed by atoms with E-state index in [-0.39, 0.29) is 55.0 Å². The molecule has 0 N–H and O–H groups in total. The Balaban J connectivity index is 1.73. The molecule has 9 heteroatoms. The van der Waals surface area contributed by atoms with Gasteiger partial charge in [0.25, 0.3) is 5.91 Å². The Morgan fingerprint density at radius 1 is 1.19 bits per heavy atom. The SMILES string of the molecule is COC(=O)c1ccoc1COC(=O)C12CCC(=O)N1c1ccccc1C(=O)N2CC(C)C. The van der Waals surface area contributed by atoms with Crippen molar-refractivity contribution < 1.29 is 33.1 Å². The molecule has 0 radical (unpaired) electrons. The number of para-hydroxylation sites is 1. The highest BCUT2D eigenvalue weighted by Gasteiger charge is 2.62. The number of methoxy groups -OCH3 is 1. The molecular formula is C23H24N2O7. The van der Waals surface area contributed by atoms with E-state index in [4.69, 9.17) is 13.9 Å². The smallest absolute Gasteiger partial charge is 0.354 e. The van der Waals surface area contributed by atoms with Crippen molar-refractivity contribution in [1.82, 2.24) is 4.90 Å². The van der Waals surface area contributed by atoms with E-state index < -0.39 is 17.6 Å². The van der Waals surface area contributed by atoms with Gasteiger partial charge in [-0.1, -0.05) is 26.0 Å². The van der Waals surface area contributed by atoms with Crippen molar-refractivity contribution in [3.8, 4) is 0 Å². The van der Waals surface area contributed by atoms with Gasteiger partial charge in [0.15, 0.2) is 5.76 Å². The number of benzene rings is 1. The highest BCUT2D eigenvalue weighted by Crippen LogP contribution is 2.45. The number of hydrogen-bond acceptors (Lipinski definition) is 7. The van der Waals surface area contributed by atoms with Crippen molar-refractivity contribution >= 4 is 29.4 Å². The Hall–Kier alpha value is -3.62. The van der Waals surface area contributed by atoms with Crippen molar-refractivity contribution in [3.63, 3.8) is 0 Å². The van der Waals surface area contributed by atoms with Crippen LogP contribution >= 0.6 is 0 Å². The molecule has 4 rings (SSSR count). The summed E-state index contributed by atoms with van der Waals surface area (Å²) < 4.78 is 15.6. The van der Waals surface area contributed by atoms with Crippen molar-refractivity contribution in [2.45, 2.75) is 39.0 Å². The Labute approximate surface area is 184 Å². The largest absolute Gasteiger partial charge is 0.465 e. The van der Waals surface area contributed by atoms with Crippen LogP contribution in [0.15, 0.2) is 41.0 Å². The van der Waals surface area contributed by atoms with Crippen LogP contribution in [0.3, 0.4) is 0 Å². The number of fused-ring (bicyclic) bond motifs is 3. The summed E-state index contributed by atoms with van der Waals surface area (Å²) in [6, 6.07) is 8.17. The van der Waals surface area contributed by atoms with Gasteiger partial charge in [-0.25, -0.2) is 9.59 Å². The number of furan rings is 1. The Bertz CT molecular complexity index is 1090. The van der Waals surface area contributed by atoms with Crippen LogP contribution in [0.25, 0.3) is 0 Å². The zero-order valence-corrected chi connectivity index (χ0v) is 18.1. The van der Waals surface area contributed by atoms with Gasteiger partial charge >= 0.3 is 11.9 Å². The van der Waals surface area contributed by atoms with Crippen molar-refractivity contribution in [2.75, 3.05) is 18.6 Å². The van der Waals surface area contributed by atoms with Gasteiger partial charge in [0.05, 0.1) is 24.6 Å². The summed E-state index contributed by atoms with van der Waals surface area (Å²) in [4.78, 5) is 54.7. The predicted octanol–water partition coefficient (Wildman–Crippen LogP) is 2.74. The zero-order chi connectivity index (χ0) is 23.0.